The fraction of sp³-hybridized carbons (Fsp3) is 0.333. The van der Waals surface area contributed by atoms with Crippen LogP contribution in [0.2, 0.25) is 0 Å². The van der Waals surface area contributed by atoms with Gasteiger partial charge < -0.3 is 30.8 Å². The zero-order chi connectivity index (χ0) is 23.5. The Kier molecular flexibility index (Phi) is 9.41. The van der Waals surface area contributed by atoms with Crippen LogP contribution >= 0.6 is 0 Å². The molecule has 5 N–H and O–H groups in total. The van der Waals surface area contributed by atoms with E-state index in [2.05, 4.69) is 4.74 Å². The number of aromatic carboxylic acids is 1. The van der Waals surface area contributed by atoms with Crippen LogP contribution in [0.4, 0.5) is 11.4 Å². The van der Waals surface area contributed by atoms with Crippen LogP contribution < -0.4 is 20.9 Å². The van der Waals surface area contributed by atoms with E-state index in [-0.39, 0.29) is 5.56 Å². The Morgan fingerprint density at radius 3 is 2.28 bits per heavy atom. The third-order valence-corrected chi connectivity index (χ3v) is 4.95. The van der Waals surface area contributed by atoms with Crippen molar-refractivity contribution in [1.29, 1.82) is 0 Å². The van der Waals surface area contributed by atoms with E-state index in [4.69, 9.17) is 26.0 Å². The maximum Gasteiger partial charge on any atom is 0.335 e. The minimum absolute atomic E-state index is 0.101. The lowest BCUT2D eigenvalue weighted by molar-refractivity contribution is -0.134. The molecule has 2 aromatic carbocycles. The van der Waals surface area contributed by atoms with E-state index in [9.17, 15) is 9.59 Å². The van der Waals surface area contributed by atoms with Crippen LogP contribution in [0.3, 0.4) is 0 Å². The van der Waals surface area contributed by atoms with Gasteiger partial charge in [-0.25, -0.2) is 9.59 Å². The van der Waals surface area contributed by atoms with Gasteiger partial charge in [0.1, 0.15) is 0 Å². The molecule has 2 rings (SSSR count). The van der Waals surface area contributed by atoms with Gasteiger partial charge in [-0.2, -0.15) is 0 Å². The Morgan fingerprint density at radius 1 is 0.969 bits per heavy atom. The van der Waals surface area contributed by atoms with Gasteiger partial charge in [-0.05, 0) is 60.7 Å². The van der Waals surface area contributed by atoms with E-state index in [1.165, 1.54) is 25.3 Å². The number of esters is 1. The number of carboxylic acid groups (broad SMARTS) is 1. The van der Waals surface area contributed by atoms with Crippen molar-refractivity contribution >= 4 is 29.4 Å². The molecule has 0 aromatic heterocycles. The van der Waals surface area contributed by atoms with Gasteiger partial charge in [0.2, 0.25) is 0 Å². The molecule has 0 unspecified atom stereocenters. The van der Waals surface area contributed by atoms with Gasteiger partial charge in [-0.3, -0.25) is 0 Å². The summed E-state index contributed by atoms with van der Waals surface area (Å²) in [6, 6.07) is 8.33. The Labute approximate surface area is 187 Å². The largest absolute Gasteiger partial charge is 0.493 e. The molecule has 0 heterocycles. The molecule has 172 valence electrons. The van der Waals surface area contributed by atoms with E-state index in [0.29, 0.717) is 35.9 Å². The Balaban J connectivity index is 1.76. The fourth-order valence-electron chi connectivity index (χ4n) is 3.21. The zero-order valence-electron chi connectivity index (χ0n) is 18.4. The van der Waals surface area contributed by atoms with Crippen molar-refractivity contribution in [3.8, 4) is 11.5 Å². The first-order valence-electron chi connectivity index (χ1n) is 10.3. The lowest BCUT2D eigenvalue weighted by Gasteiger charge is -2.12. The first-order chi connectivity index (χ1) is 15.3. The third-order valence-electron chi connectivity index (χ3n) is 4.95. The number of carbonyl (C=O) groups excluding carboxylic acids is 1. The normalized spacial score (nSPS) is 10.8. The SMILES string of the molecule is COC(=O)/C=C/c1ccc(OCCCCCCc2c(N)cc(C(=O)O)cc2N)c(OC)c1. The highest BCUT2D eigenvalue weighted by molar-refractivity contribution is 5.91. The molecule has 0 amide bonds. The Bertz CT molecular complexity index is 948. The van der Waals surface area contributed by atoms with Gasteiger partial charge in [-0.1, -0.05) is 18.9 Å². The molecule has 0 atom stereocenters. The van der Waals surface area contributed by atoms with Gasteiger partial charge in [0.15, 0.2) is 11.5 Å². The smallest absolute Gasteiger partial charge is 0.335 e. The Hall–Kier alpha value is -3.68. The highest BCUT2D eigenvalue weighted by Crippen LogP contribution is 2.29. The molecule has 8 nitrogen and oxygen atoms in total. The van der Waals surface area contributed by atoms with E-state index in [0.717, 1.165) is 36.8 Å². The molecule has 0 fully saturated rings. The highest BCUT2D eigenvalue weighted by atomic mass is 16.5. The second kappa shape index (κ2) is 12.2. The maximum atomic E-state index is 11.2. The number of carboxylic acids is 1. The van der Waals surface area contributed by atoms with Crippen molar-refractivity contribution in [3.63, 3.8) is 0 Å². The summed E-state index contributed by atoms with van der Waals surface area (Å²) in [5.74, 6) is -0.236. The molecular formula is C24H30N2O6. The second-order valence-electron chi connectivity index (χ2n) is 7.22. The van der Waals surface area contributed by atoms with Crippen molar-refractivity contribution in [1.82, 2.24) is 0 Å². The van der Waals surface area contributed by atoms with Crippen molar-refractivity contribution in [2.45, 2.75) is 32.1 Å². The summed E-state index contributed by atoms with van der Waals surface area (Å²) < 4.78 is 15.8. The lowest BCUT2D eigenvalue weighted by Crippen LogP contribution is -2.05. The number of unbranched alkanes of at least 4 members (excludes halogenated alkanes) is 3. The maximum absolute atomic E-state index is 11.2. The summed E-state index contributed by atoms with van der Waals surface area (Å²) in [5, 5.41) is 9.05. The van der Waals surface area contributed by atoms with Crippen LogP contribution in [0.5, 0.6) is 11.5 Å². The first-order valence-corrected chi connectivity index (χ1v) is 10.3. The van der Waals surface area contributed by atoms with Crippen LogP contribution in [0.1, 0.15) is 47.2 Å². The van der Waals surface area contributed by atoms with E-state index in [1.807, 2.05) is 12.1 Å². The standard InChI is InChI=1S/C24H30N2O6/c1-30-22-13-16(9-11-23(27)31-2)8-10-21(22)32-12-6-4-3-5-7-18-19(25)14-17(24(28)29)15-20(18)26/h8-11,13-15H,3-7,12,25-26H2,1-2H3,(H,28,29)/b11-9+. The molecule has 0 saturated carbocycles. The van der Waals surface area contributed by atoms with Crippen molar-refractivity contribution in [2.24, 2.45) is 0 Å². The number of nitrogens with two attached hydrogens (primary N) is 2. The molecule has 0 saturated heterocycles. The first kappa shape index (κ1) is 24.6. The molecule has 0 aliphatic heterocycles. The number of anilines is 2. The molecule has 0 spiro atoms. The lowest BCUT2D eigenvalue weighted by atomic mass is 10.0. The van der Waals surface area contributed by atoms with E-state index >= 15 is 0 Å². The van der Waals surface area contributed by atoms with Crippen LogP contribution in [-0.2, 0) is 16.0 Å². The number of rotatable bonds is 12. The summed E-state index contributed by atoms with van der Waals surface area (Å²) in [5.41, 5.74) is 14.5. The van der Waals surface area contributed by atoms with Crippen molar-refractivity contribution in [2.75, 3.05) is 32.3 Å². The zero-order valence-corrected chi connectivity index (χ0v) is 18.4. The number of methoxy groups -OCH3 is 2. The van der Waals surface area contributed by atoms with E-state index in [1.54, 1.807) is 19.3 Å². The average molecular weight is 443 g/mol. The molecule has 8 heteroatoms. The van der Waals surface area contributed by atoms with Crippen molar-refractivity contribution in [3.05, 3.63) is 53.1 Å². The minimum atomic E-state index is -1.04. The quantitative estimate of drug-likeness (QED) is 0.195. The third kappa shape index (κ3) is 7.23. The predicted octanol–water partition coefficient (Wildman–Crippen LogP) is 3.93. The molecule has 0 bridgehead atoms. The molecule has 32 heavy (non-hydrogen) atoms. The molecule has 0 aliphatic carbocycles. The van der Waals surface area contributed by atoms with Gasteiger partial charge in [0.05, 0.1) is 26.4 Å². The van der Waals surface area contributed by atoms with Crippen LogP contribution in [-0.4, -0.2) is 37.9 Å². The molecule has 0 radical (unpaired) electrons. The predicted molar refractivity (Wildman–Crippen MR) is 124 cm³/mol. The van der Waals surface area contributed by atoms with Gasteiger partial charge in [0.25, 0.3) is 0 Å². The van der Waals surface area contributed by atoms with E-state index < -0.39 is 11.9 Å². The van der Waals surface area contributed by atoms with Crippen LogP contribution in [0.25, 0.3) is 6.08 Å². The monoisotopic (exact) mass is 442 g/mol. The van der Waals surface area contributed by atoms with Crippen LogP contribution in [0.15, 0.2) is 36.4 Å². The number of benzene rings is 2. The van der Waals surface area contributed by atoms with Gasteiger partial charge >= 0.3 is 11.9 Å². The highest BCUT2D eigenvalue weighted by Gasteiger charge is 2.11. The number of nitrogen functional groups attached to an aromatic ring is 2. The number of hydrogen-bond acceptors (Lipinski definition) is 7. The molecule has 0 aliphatic rings. The summed E-state index contributed by atoms with van der Waals surface area (Å²) in [6.45, 7) is 0.547. The minimum Gasteiger partial charge on any atom is -0.493 e. The topological polar surface area (TPSA) is 134 Å². The fourth-order valence-corrected chi connectivity index (χ4v) is 3.21. The number of ether oxygens (including phenoxy) is 3. The summed E-state index contributed by atoms with van der Waals surface area (Å²) in [4.78, 5) is 22.3. The Morgan fingerprint density at radius 2 is 1.66 bits per heavy atom. The summed E-state index contributed by atoms with van der Waals surface area (Å²) in [6.07, 6.45) is 7.39. The summed E-state index contributed by atoms with van der Waals surface area (Å²) in [7, 11) is 2.89. The summed E-state index contributed by atoms with van der Waals surface area (Å²) >= 11 is 0. The van der Waals surface area contributed by atoms with Crippen molar-refractivity contribution < 1.29 is 28.9 Å². The number of hydrogen-bond donors (Lipinski definition) is 3. The van der Waals surface area contributed by atoms with Gasteiger partial charge in [-0.15, -0.1) is 0 Å². The van der Waals surface area contributed by atoms with Gasteiger partial charge in [0, 0.05) is 17.5 Å². The second-order valence-corrected chi connectivity index (χ2v) is 7.22. The molecule has 2 aromatic rings. The number of carbonyl (C=O) groups is 2. The van der Waals surface area contributed by atoms with Crippen LogP contribution in [0, 0.1) is 0 Å². The average Bonchev–Trinajstić information content (AvgIpc) is 2.78. The molecular weight excluding hydrogens is 412 g/mol.